The van der Waals surface area contributed by atoms with Crippen molar-refractivity contribution in [2.45, 2.75) is 76.1 Å². The molecule has 5 nitrogen and oxygen atoms in total. The van der Waals surface area contributed by atoms with Gasteiger partial charge in [-0.2, -0.15) is 0 Å². The van der Waals surface area contributed by atoms with Gasteiger partial charge in [-0.25, -0.2) is 0 Å². The first-order chi connectivity index (χ1) is 19.9. The van der Waals surface area contributed by atoms with Crippen molar-refractivity contribution in [2.75, 3.05) is 24.6 Å². The van der Waals surface area contributed by atoms with Crippen molar-refractivity contribution in [2.24, 2.45) is 23.7 Å². The largest absolute Gasteiger partial charge is 0.479 e. The summed E-state index contributed by atoms with van der Waals surface area (Å²) >= 11 is 7.93. The zero-order valence-corrected chi connectivity index (χ0v) is 25.9. The molecule has 6 atom stereocenters. The lowest BCUT2D eigenvalue weighted by molar-refractivity contribution is 0.0389. The molecule has 220 valence electrons. The van der Waals surface area contributed by atoms with Crippen LogP contribution >= 0.6 is 23.5 Å². The lowest BCUT2D eigenvalue weighted by Crippen LogP contribution is -2.53. The van der Waals surface area contributed by atoms with Crippen LogP contribution in [0.2, 0.25) is 5.02 Å². The molecule has 2 aliphatic heterocycles. The number of allylic oxidation sites excluding steroid dienone is 2. The molecule has 6 unspecified atom stereocenters. The maximum absolute atomic E-state index is 13.3. The van der Waals surface area contributed by atoms with Gasteiger partial charge < -0.3 is 14.7 Å². The van der Waals surface area contributed by atoms with Gasteiger partial charge in [0.25, 0.3) is 5.91 Å². The van der Waals surface area contributed by atoms with Gasteiger partial charge in [0.15, 0.2) is 5.60 Å². The van der Waals surface area contributed by atoms with E-state index in [0.29, 0.717) is 34.5 Å². The second kappa shape index (κ2) is 12.2. The van der Waals surface area contributed by atoms with Gasteiger partial charge >= 0.3 is 0 Å². The Morgan fingerprint density at radius 1 is 1.20 bits per heavy atom. The lowest BCUT2D eigenvalue weighted by Gasteiger charge is -2.50. The molecular formula is C34H43ClN2O3S. The van der Waals surface area contributed by atoms with Gasteiger partial charge in [-0.1, -0.05) is 43.7 Å². The number of hydrogen-bond acceptors (Lipinski definition) is 5. The summed E-state index contributed by atoms with van der Waals surface area (Å²) in [6.45, 7) is 6.41. The smallest absolute Gasteiger partial charge is 0.261 e. The van der Waals surface area contributed by atoms with E-state index >= 15 is 0 Å². The third-order valence-electron chi connectivity index (χ3n) is 10.1. The number of anilines is 1. The number of carbonyl (C=O) groups excluding carboxylic acids is 1. The van der Waals surface area contributed by atoms with E-state index in [0.717, 1.165) is 68.1 Å². The first-order valence-electron chi connectivity index (χ1n) is 15.5. The van der Waals surface area contributed by atoms with E-state index in [1.54, 1.807) is 0 Å². The highest BCUT2D eigenvalue weighted by molar-refractivity contribution is 7.98. The molecule has 2 bridgehead atoms. The molecule has 2 N–H and O–H groups in total. The molecule has 2 aromatic rings. The quantitative estimate of drug-likeness (QED) is 0.284. The SMILES string of the molecule is CC1C/C=C/C(CCCO)C2CCC2CN2CC3(CCCc4cc(Cl)ccc43)Oc3ccc(cc32)C(=O)NSC1C. The lowest BCUT2D eigenvalue weighted by atomic mass is 9.65. The van der Waals surface area contributed by atoms with Crippen molar-refractivity contribution in [1.82, 2.24) is 4.72 Å². The minimum absolute atomic E-state index is 0.0528. The number of fused-ring (bicyclic) bond motifs is 4. The number of ether oxygens (including phenoxy) is 1. The van der Waals surface area contributed by atoms with Gasteiger partial charge in [0.2, 0.25) is 0 Å². The zero-order chi connectivity index (χ0) is 28.6. The fraction of sp³-hybridized carbons (Fsp3) is 0.559. The highest BCUT2D eigenvalue weighted by atomic mass is 35.5. The van der Waals surface area contributed by atoms with Crippen LogP contribution in [0.25, 0.3) is 0 Å². The molecule has 0 radical (unpaired) electrons. The predicted octanol–water partition coefficient (Wildman–Crippen LogP) is 7.55. The van der Waals surface area contributed by atoms with Crippen LogP contribution in [0.5, 0.6) is 5.75 Å². The summed E-state index contributed by atoms with van der Waals surface area (Å²) in [5.41, 5.74) is 3.81. The van der Waals surface area contributed by atoms with E-state index in [-0.39, 0.29) is 12.5 Å². The summed E-state index contributed by atoms with van der Waals surface area (Å²) in [4.78, 5) is 15.8. The van der Waals surface area contributed by atoms with E-state index < -0.39 is 5.60 Å². The Kier molecular flexibility index (Phi) is 8.63. The summed E-state index contributed by atoms with van der Waals surface area (Å²) in [6, 6.07) is 12.2. The number of nitrogens with one attached hydrogen (secondary N) is 1. The Bertz CT molecular complexity index is 1300. The number of benzene rings is 2. The number of aliphatic hydroxyl groups is 1. The third kappa shape index (κ3) is 5.89. The van der Waals surface area contributed by atoms with Crippen molar-refractivity contribution >= 4 is 35.1 Å². The molecule has 0 saturated heterocycles. The van der Waals surface area contributed by atoms with Crippen LogP contribution in [-0.4, -0.2) is 36.0 Å². The van der Waals surface area contributed by atoms with Crippen LogP contribution in [-0.2, 0) is 12.0 Å². The fourth-order valence-corrected chi connectivity index (χ4v) is 8.35. The molecule has 4 aliphatic rings. The molecule has 41 heavy (non-hydrogen) atoms. The van der Waals surface area contributed by atoms with Crippen molar-refractivity contribution < 1.29 is 14.6 Å². The first kappa shape index (κ1) is 28.9. The number of halogens is 1. The number of hydrogen-bond donors (Lipinski definition) is 2. The average Bonchev–Trinajstić information content (AvgIpc) is 2.95. The summed E-state index contributed by atoms with van der Waals surface area (Å²) in [5, 5.41) is 10.7. The number of rotatable bonds is 3. The van der Waals surface area contributed by atoms with Gasteiger partial charge in [0.05, 0.1) is 12.2 Å². The second-order valence-electron chi connectivity index (χ2n) is 12.7. The van der Waals surface area contributed by atoms with Crippen LogP contribution in [0.4, 0.5) is 5.69 Å². The summed E-state index contributed by atoms with van der Waals surface area (Å²) in [7, 11) is 0. The average molecular weight is 595 g/mol. The number of amides is 1. The Morgan fingerprint density at radius 3 is 2.88 bits per heavy atom. The summed E-state index contributed by atoms with van der Waals surface area (Å²) in [6.07, 6.45) is 13.2. The van der Waals surface area contributed by atoms with Crippen LogP contribution < -0.4 is 14.4 Å². The first-order valence-corrected chi connectivity index (χ1v) is 16.7. The Labute approximate surface area is 254 Å². The number of nitrogens with zero attached hydrogens (tertiary/aromatic N) is 1. The van der Waals surface area contributed by atoms with E-state index in [2.05, 4.69) is 47.8 Å². The van der Waals surface area contributed by atoms with Crippen molar-refractivity contribution in [1.29, 1.82) is 0 Å². The molecule has 1 fully saturated rings. The molecule has 7 heteroatoms. The van der Waals surface area contributed by atoms with Crippen LogP contribution in [0, 0.1) is 23.7 Å². The maximum atomic E-state index is 13.3. The second-order valence-corrected chi connectivity index (χ2v) is 14.4. The molecule has 2 heterocycles. The minimum Gasteiger partial charge on any atom is -0.479 e. The monoisotopic (exact) mass is 594 g/mol. The molecule has 1 amide bonds. The molecular weight excluding hydrogens is 552 g/mol. The third-order valence-corrected chi connectivity index (χ3v) is 11.5. The van der Waals surface area contributed by atoms with Gasteiger partial charge in [-0.3, -0.25) is 9.52 Å². The van der Waals surface area contributed by atoms with Crippen LogP contribution in [0.3, 0.4) is 0 Å². The van der Waals surface area contributed by atoms with E-state index in [4.69, 9.17) is 16.3 Å². The highest BCUT2D eigenvalue weighted by Gasteiger charge is 2.46. The Morgan fingerprint density at radius 2 is 2.07 bits per heavy atom. The molecule has 6 rings (SSSR count). The number of aliphatic hydroxyl groups excluding tert-OH is 1. The van der Waals surface area contributed by atoms with Crippen molar-refractivity contribution in [3.8, 4) is 5.75 Å². The molecule has 2 aromatic carbocycles. The summed E-state index contributed by atoms with van der Waals surface area (Å²) in [5.74, 6) is 2.91. The highest BCUT2D eigenvalue weighted by Crippen LogP contribution is 2.50. The van der Waals surface area contributed by atoms with Crippen molar-refractivity contribution in [3.05, 3.63) is 70.3 Å². The standard InChI is InChI=1S/C34H43ClN2O3S/c1-22-6-3-7-24(9-5-17-38)29-13-10-27(29)20-37-21-34(16-4-8-25-18-28(35)12-14-30(25)34)40-32-15-11-26(19-31(32)37)33(39)36-41-23(22)2/h3,7,11-12,14-15,18-19,22-24,27,29,38H,4-6,8-10,13,16-17,20-21H2,1-2H3,(H,36,39)/b7-3+. The topological polar surface area (TPSA) is 61.8 Å². The normalized spacial score (nSPS) is 32.2. The van der Waals surface area contributed by atoms with Gasteiger partial charge in [0, 0.05) is 34.6 Å². The fourth-order valence-electron chi connectivity index (χ4n) is 7.40. The van der Waals surface area contributed by atoms with Crippen molar-refractivity contribution in [3.63, 3.8) is 0 Å². The van der Waals surface area contributed by atoms with E-state index in [1.165, 1.54) is 35.9 Å². The molecule has 1 spiro atoms. The van der Waals surface area contributed by atoms with E-state index in [9.17, 15) is 9.90 Å². The predicted molar refractivity (Wildman–Crippen MR) is 169 cm³/mol. The maximum Gasteiger partial charge on any atom is 0.261 e. The molecule has 1 saturated carbocycles. The van der Waals surface area contributed by atoms with Gasteiger partial charge in [-0.05, 0) is 123 Å². The van der Waals surface area contributed by atoms with Gasteiger partial charge in [-0.15, -0.1) is 0 Å². The Hall–Kier alpha value is -2.15. The molecule has 2 aliphatic carbocycles. The van der Waals surface area contributed by atoms with Crippen LogP contribution in [0.1, 0.15) is 80.3 Å². The molecule has 0 aromatic heterocycles. The number of carbonyl (C=O) groups is 1. The van der Waals surface area contributed by atoms with Crippen LogP contribution in [0.15, 0.2) is 48.6 Å². The number of aryl methyl sites for hydroxylation is 1. The Balaban J connectivity index is 1.38. The van der Waals surface area contributed by atoms with E-state index in [1.807, 2.05) is 24.3 Å². The zero-order valence-electron chi connectivity index (χ0n) is 24.3. The van der Waals surface area contributed by atoms with Gasteiger partial charge in [0.1, 0.15) is 5.75 Å². The summed E-state index contributed by atoms with van der Waals surface area (Å²) < 4.78 is 10.1. The minimum atomic E-state index is -0.424.